The van der Waals surface area contributed by atoms with Crippen LogP contribution in [-0.4, -0.2) is 34.8 Å². The number of rotatable bonds is 5. The molecule has 3 rings (SSSR count). The number of carbonyl (C=O) groups is 2. The lowest BCUT2D eigenvalue weighted by Gasteiger charge is -2.21. The second-order valence-electron chi connectivity index (χ2n) is 6.56. The van der Waals surface area contributed by atoms with Gasteiger partial charge in [0.15, 0.2) is 0 Å². The summed E-state index contributed by atoms with van der Waals surface area (Å²) >= 11 is 0. The van der Waals surface area contributed by atoms with Crippen LogP contribution in [0.4, 0.5) is 0 Å². The highest BCUT2D eigenvalue weighted by molar-refractivity contribution is 5.81. The molecule has 1 aliphatic heterocycles. The molecule has 1 fully saturated rings. The SMILES string of the molecule is CC(NC(=O)CCN1CCCCCC1=O)c1ccc2[nH]ccc2c1. The number of nitrogens with zero attached hydrogens (tertiary/aromatic N) is 1. The maximum Gasteiger partial charge on any atom is 0.222 e. The van der Waals surface area contributed by atoms with E-state index in [-0.39, 0.29) is 17.9 Å². The van der Waals surface area contributed by atoms with Crippen LogP contribution in [-0.2, 0) is 9.59 Å². The molecule has 1 unspecified atom stereocenters. The lowest BCUT2D eigenvalue weighted by molar-refractivity contribution is -0.131. The molecule has 0 aliphatic carbocycles. The average Bonchev–Trinajstić information content (AvgIpc) is 2.94. The second kappa shape index (κ2) is 7.51. The molecule has 0 bridgehead atoms. The van der Waals surface area contributed by atoms with Crippen molar-refractivity contribution < 1.29 is 9.59 Å². The van der Waals surface area contributed by atoms with Gasteiger partial charge in [-0.25, -0.2) is 0 Å². The van der Waals surface area contributed by atoms with Gasteiger partial charge in [-0.05, 0) is 48.9 Å². The molecule has 24 heavy (non-hydrogen) atoms. The number of carbonyl (C=O) groups excluding carboxylic acids is 2. The van der Waals surface area contributed by atoms with Crippen LogP contribution in [0.25, 0.3) is 10.9 Å². The molecule has 5 nitrogen and oxygen atoms in total. The fraction of sp³-hybridized carbons (Fsp3) is 0.474. The maximum atomic E-state index is 12.2. The molecular formula is C19H25N3O2. The minimum atomic E-state index is -0.0448. The molecule has 2 heterocycles. The predicted molar refractivity (Wildman–Crippen MR) is 94.5 cm³/mol. The number of fused-ring (bicyclic) bond motifs is 1. The van der Waals surface area contributed by atoms with Gasteiger partial charge in [-0.15, -0.1) is 0 Å². The van der Waals surface area contributed by atoms with Gasteiger partial charge < -0.3 is 15.2 Å². The highest BCUT2D eigenvalue weighted by atomic mass is 16.2. The fourth-order valence-corrected chi connectivity index (χ4v) is 3.25. The van der Waals surface area contributed by atoms with E-state index in [9.17, 15) is 9.59 Å². The first kappa shape index (κ1) is 16.6. The number of benzene rings is 1. The lowest BCUT2D eigenvalue weighted by atomic mass is 10.1. The number of hydrogen-bond donors (Lipinski definition) is 2. The molecular weight excluding hydrogens is 302 g/mol. The summed E-state index contributed by atoms with van der Waals surface area (Å²) in [7, 11) is 0. The van der Waals surface area contributed by atoms with Crippen LogP contribution in [0.15, 0.2) is 30.5 Å². The van der Waals surface area contributed by atoms with Crippen molar-refractivity contribution in [3.8, 4) is 0 Å². The van der Waals surface area contributed by atoms with E-state index in [1.165, 1.54) is 0 Å². The number of aromatic amines is 1. The van der Waals surface area contributed by atoms with E-state index in [0.717, 1.165) is 42.3 Å². The topological polar surface area (TPSA) is 65.2 Å². The Kier molecular flexibility index (Phi) is 5.18. The summed E-state index contributed by atoms with van der Waals surface area (Å²) < 4.78 is 0. The Bertz CT molecular complexity index is 722. The quantitative estimate of drug-likeness (QED) is 0.886. The summed E-state index contributed by atoms with van der Waals surface area (Å²) in [5.74, 6) is 0.181. The predicted octanol–water partition coefficient (Wildman–Crippen LogP) is 3.14. The molecule has 0 saturated carbocycles. The molecule has 2 amide bonds. The van der Waals surface area contributed by atoms with E-state index in [1.807, 2.05) is 36.2 Å². The molecule has 1 aliphatic rings. The summed E-state index contributed by atoms with van der Waals surface area (Å²) in [6, 6.07) is 8.13. The van der Waals surface area contributed by atoms with Crippen molar-refractivity contribution in [2.75, 3.05) is 13.1 Å². The van der Waals surface area contributed by atoms with Crippen LogP contribution >= 0.6 is 0 Å². The van der Waals surface area contributed by atoms with Crippen molar-refractivity contribution in [3.05, 3.63) is 36.0 Å². The first-order valence-corrected chi connectivity index (χ1v) is 8.77. The summed E-state index contributed by atoms with van der Waals surface area (Å²) in [4.78, 5) is 29.2. The van der Waals surface area contributed by atoms with Crippen LogP contribution in [0, 0.1) is 0 Å². The molecule has 1 atom stereocenters. The fourth-order valence-electron chi connectivity index (χ4n) is 3.25. The highest BCUT2D eigenvalue weighted by Crippen LogP contribution is 2.19. The minimum absolute atomic E-state index is 0.00582. The molecule has 1 aromatic carbocycles. The van der Waals surface area contributed by atoms with Crippen molar-refractivity contribution in [2.24, 2.45) is 0 Å². The van der Waals surface area contributed by atoms with Crippen LogP contribution < -0.4 is 5.32 Å². The van der Waals surface area contributed by atoms with Crippen LogP contribution in [0.1, 0.15) is 50.6 Å². The Labute approximate surface area is 142 Å². The monoisotopic (exact) mass is 327 g/mol. The average molecular weight is 327 g/mol. The van der Waals surface area contributed by atoms with Crippen LogP contribution in [0.3, 0.4) is 0 Å². The first-order valence-electron chi connectivity index (χ1n) is 8.77. The standard InChI is InChI=1S/C19H25N3O2/c1-14(15-6-7-17-16(13-15)8-10-20-17)21-18(23)9-12-22-11-4-2-3-5-19(22)24/h6-8,10,13-14,20H,2-5,9,11-12H2,1H3,(H,21,23). The minimum Gasteiger partial charge on any atom is -0.361 e. The normalized spacial score (nSPS) is 16.9. The van der Waals surface area contributed by atoms with Crippen molar-refractivity contribution in [3.63, 3.8) is 0 Å². The Morgan fingerprint density at radius 2 is 2.17 bits per heavy atom. The summed E-state index contributed by atoms with van der Waals surface area (Å²) in [5.41, 5.74) is 2.18. The Morgan fingerprint density at radius 1 is 1.29 bits per heavy atom. The zero-order chi connectivity index (χ0) is 16.9. The summed E-state index contributed by atoms with van der Waals surface area (Å²) in [6.45, 7) is 3.29. The van der Waals surface area contributed by atoms with E-state index < -0.39 is 0 Å². The number of nitrogens with one attached hydrogen (secondary N) is 2. The first-order chi connectivity index (χ1) is 11.6. The Balaban J connectivity index is 1.52. The molecule has 0 radical (unpaired) electrons. The summed E-state index contributed by atoms with van der Waals surface area (Å²) in [6.07, 6.45) is 6.01. The molecule has 2 aromatic rings. The third kappa shape index (κ3) is 3.96. The third-order valence-electron chi connectivity index (χ3n) is 4.74. The second-order valence-corrected chi connectivity index (χ2v) is 6.56. The van der Waals surface area contributed by atoms with Crippen LogP contribution in [0.5, 0.6) is 0 Å². The largest absolute Gasteiger partial charge is 0.361 e. The molecule has 1 saturated heterocycles. The number of hydrogen-bond acceptors (Lipinski definition) is 2. The van der Waals surface area contributed by atoms with E-state index in [4.69, 9.17) is 0 Å². The van der Waals surface area contributed by atoms with Gasteiger partial charge in [-0.2, -0.15) is 0 Å². The zero-order valence-electron chi connectivity index (χ0n) is 14.2. The highest BCUT2D eigenvalue weighted by Gasteiger charge is 2.18. The smallest absolute Gasteiger partial charge is 0.222 e. The van der Waals surface area contributed by atoms with Gasteiger partial charge >= 0.3 is 0 Å². The number of H-pyrrole nitrogens is 1. The van der Waals surface area contributed by atoms with Crippen molar-refractivity contribution >= 4 is 22.7 Å². The van der Waals surface area contributed by atoms with E-state index in [2.05, 4.69) is 16.4 Å². The van der Waals surface area contributed by atoms with Crippen molar-refractivity contribution in [1.29, 1.82) is 0 Å². The van der Waals surface area contributed by atoms with Crippen LogP contribution in [0.2, 0.25) is 0 Å². The molecule has 5 heteroatoms. The van der Waals surface area contributed by atoms with Gasteiger partial charge in [0.1, 0.15) is 0 Å². The van der Waals surface area contributed by atoms with Crippen molar-refractivity contribution in [1.82, 2.24) is 15.2 Å². The summed E-state index contributed by atoms with van der Waals surface area (Å²) in [5, 5.41) is 4.18. The number of aromatic nitrogens is 1. The van der Waals surface area contributed by atoms with E-state index in [0.29, 0.717) is 19.4 Å². The number of amides is 2. The molecule has 2 N–H and O–H groups in total. The number of likely N-dealkylation sites (tertiary alicyclic amines) is 1. The van der Waals surface area contributed by atoms with Gasteiger partial charge in [0.05, 0.1) is 6.04 Å². The zero-order valence-corrected chi connectivity index (χ0v) is 14.2. The Morgan fingerprint density at radius 3 is 3.04 bits per heavy atom. The van der Waals surface area contributed by atoms with Gasteiger partial charge in [-0.1, -0.05) is 12.5 Å². The molecule has 128 valence electrons. The van der Waals surface area contributed by atoms with Gasteiger partial charge in [0.25, 0.3) is 0 Å². The molecule has 0 spiro atoms. The maximum absolute atomic E-state index is 12.2. The lowest BCUT2D eigenvalue weighted by Crippen LogP contribution is -2.35. The van der Waals surface area contributed by atoms with E-state index >= 15 is 0 Å². The molecule has 1 aromatic heterocycles. The van der Waals surface area contributed by atoms with Gasteiger partial charge in [0.2, 0.25) is 11.8 Å². The van der Waals surface area contributed by atoms with Gasteiger partial charge in [0, 0.05) is 37.6 Å². The van der Waals surface area contributed by atoms with Gasteiger partial charge in [-0.3, -0.25) is 9.59 Å². The van der Waals surface area contributed by atoms with Crippen molar-refractivity contribution in [2.45, 2.75) is 45.1 Å². The Hall–Kier alpha value is -2.30. The third-order valence-corrected chi connectivity index (χ3v) is 4.74. The van der Waals surface area contributed by atoms with E-state index in [1.54, 1.807) is 0 Å².